The number of carbonyl (C=O) groups is 1. The van der Waals surface area contributed by atoms with Crippen molar-refractivity contribution in [1.29, 1.82) is 0 Å². The Morgan fingerprint density at radius 3 is 2.19 bits per heavy atom. The molecule has 1 aliphatic heterocycles. The highest BCUT2D eigenvalue weighted by Crippen LogP contribution is 2.27. The molecule has 6 nitrogen and oxygen atoms in total. The third-order valence-electron chi connectivity index (χ3n) is 4.95. The van der Waals surface area contributed by atoms with Gasteiger partial charge in [0.2, 0.25) is 15.9 Å². The molecule has 1 saturated heterocycles. The normalized spacial score (nSPS) is 18.0. The van der Waals surface area contributed by atoms with Crippen LogP contribution < -0.4 is 9.80 Å². The second-order valence-corrected chi connectivity index (χ2v) is 8.89. The standard InChI is InChI=1S/C20H25N3O3S/c1-21(2)16-11-13-18(14-12-16)27(25,26)22(3)19-10-7-15-23(20(19)24)17-8-5-4-6-9-17/h4-6,8-9,11-14,19H,7,10,15H2,1-3H3. The van der Waals surface area contributed by atoms with E-state index in [1.807, 2.05) is 49.3 Å². The molecule has 1 heterocycles. The van der Waals surface area contributed by atoms with Crippen LogP contribution in [0.5, 0.6) is 0 Å². The number of hydrogen-bond donors (Lipinski definition) is 0. The number of sulfonamides is 1. The van der Waals surface area contributed by atoms with Gasteiger partial charge in [-0.25, -0.2) is 8.42 Å². The highest BCUT2D eigenvalue weighted by molar-refractivity contribution is 7.89. The molecule has 0 aliphatic carbocycles. The van der Waals surface area contributed by atoms with E-state index in [1.165, 1.54) is 11.4 Å². The van der Waals surface area contributed by atoms with Gasteiger partial charge in [-0.1, -0.05) is 18.2 Å². The van der Waals surface area contributed by atoms with Gasteiger partial charge in [0.1, 0.15) is 6.04 Å². The lowest BCUT2D eigenvalue weighted by atomic mass is 10.0. The van der Waals surface area contributed by atoms with E-state index >= 15 is 0 Å². The zero-order valence-corrected chi connectivity index (χ0v) is 16.7. The number of likely N-dealkylation sites (N-methyl/N-ethyl adjacent to an activating group) is 1. The minimum Gasteiger partial charge on any atom is -0.378 e. The van der Waals surface area contributed by atoms with Crippen molar-refractivity contribution in [3.63, 3.8) is 0 Å². The molecule has 0 saturated carbocycles. The maximum Gasteiger partial charge on any atom is 0.245 e. The van der Waals surface area contributed by atoms with Crippen LogP contribution in [-0.2, 0) is 14.8 Å². The summed E-state index contributed by atoms with van der Waals surface area (Å²) in [5, 5.41) is 0. The van der Waals surface area contributed by atoms with Gasteiger partial charge in [0.15, 0.2) is 0 Å². The summed E-state index contributed by atoms with van der Waals surface area (Å²) in [6.45, 7) is 0.602. The van der Waals surface area contributed by atoms with Crippen LogP contribution in [0.25, 0.3) is 0 Å². The van der Waals surface area contributed by atoms with Gasteiger partial charge < -0.3 is 9.80 Å². The largest absolute Gasteiger partial charge is 0.378 e. The number of rotatable bonds is 5. The van der Waals surface area contributed by atoms with Crippen LogP contribution in [0, 0.1) is 0 Å². The molecule has 3 rings (SSSR count). The molecule has 1 fully saturated rings. The summed E-state index contributed by atoms with van der Waals surface area (Å²) in [6, 6.07) is 15.4. The van der Waals surface area contributed by atoms with Crippen molar-refractivity contribution in [2.75, 3.05) is 37.5 Å². The summed E-state index contributed by atoms with van der Waals surface area (Å²) in [5.41, 5.74) is 1.72. The lowest BCUT2D eigenvalue weighted by Crippen LogP contribution is -2.53. The van der Waals surface area contributed by atoms with Gasteiger partial charge in [0.25, 0.3) is 0 Å². The van der Waals surface area contributed by atoms with Gasteiger partial charge in [-0.05, 0) is 49.2 Å². The molecule has 27 heavy (non-hydrogen) atoms. The summed E-state index contributed by atoms with van der Waals surface area (Å²) in [7, 11) is 1.53. The Balaban J connectivity index is 1.85. The Bertz CT molecular complexity index is 896. The number of hydrogen-bond acceptors (Lipinski definition) is 4. The monoisotopic (exact) mass is 387 g/mol. The van der Waals surface area contributed by atoms with Crippen molar-refractivity contribution in [1.82, 2.24) is 4.31 Å². The van der Waals surface area contributed by atoms with Gasteiger partial charge in [-0.3, -0.25) is 4.79 Å². The number of benzene rings is 2. The minimum absolute atomic E-state index is 0.177. The number of nitrogens with zero attached hydrogens (tertiary/aromatic N) is 3. The molecule has 7 heteroatoms. The molecule has 1 amide bonds. The van der Waals surface area contributed by atoms with Crippen molar-refractivity contribution in [3.05, 3.63) is 54.6 Å². The van der Waals surface area contributed by atoms with E-state index in [0.29, 0.717) is 13.0 Å². The summed E-state index contributed by atoms with van der Waals surface area (Å²) >= 11 is 0. The highest BCUT2D eigenvalue weighted by Gasteiger charge is 2.38. The number of anilines is 2. The van der Waals surface area contributed by atoms with Gasteiger partial charge in [0, 0.05) is 39.1 Å². The molecule has 1 atom stereocenters. The molecule has 144 valence electrons. The molecule has 1 aliphatic rings. The van der Waals surface area contributed by atoms with Crippen LogP contribution in [0.1, 0.15) is 12.8 Å². The fourth-order valence-corrected chi connectivity index (χ4v) is 4.65. The Hall–Kier alpha value is -2.38. The van der Waals surface area contributed by atoms with Crippen molar-refractivity contribution in [2.24, 2.45) is 0 Å². The predicted molar refractivity (Wildman–Crippen MR) is 108 cm³/mol. The lowest BCUT2D eigenvalue weighted by molar-refractivity contribution is -0.123. The molecular weight excluding hydrogens is 362 g/mol. The first kappa shape index (κ1) is 19.4. The van der Waals surface area contributed by atoms with E-state index in [9.17, 15) is 13.2 Å². The van der Waals surface area contributed by atoms with Crippen LogP contribution >= 0.6 is 0 Å². The van der Waals surface area contributed by atoms with Crippen molar-refractivity contribution < 1.29 is 13.2 Å². The van der Waals surface area contributed by atoms with E-state index in [0.717, 1.165) is 17.8 Å². The SMILES string of the molecule is CN(C)c1ccc(S(=O)(=O)N(C)C2CCCN(c3ccccc3)C2=O)cc1. The first-order valence-electron chi connectivity index (χ1n) is 8.94. The molecule has 2 aromatic rings. The van der Waals surface area contributed by atoms with E-state index < -0.39 is 16.1 Å². The Morgan fingerprint density at radius 1 is 0.963 bits per heavy atom. The number of amides is 1. The maximum atomic E-state index is 13.0. The molecule has 0 aromatic heterocycles. The fourth-order valence-electron chi connectivity index (χ4n) is 3.31. The van der Waals surface area contributed by atoms with Crippen LogP contribution in [0.2, 0.25) is 0 Å². The summed E-state index contributed by atoms with van der Waals surface area (Å²) in [5.74, 6) is -0.177. The van der Waals surface area contributed by atoms with Crippen LogP contribution in [0.4, 0.5) is 11.4 Å². The van der Waals surface area contributed by atoms with E-state index in [1.54, 1.807) is 29.2 Å². The average molecular weight is 388 g/mol. The third kappa shape index (κ3) is 3.84. The van der Waals surface area contributed by atoms with Gasteiger partial charge >= 0.3 is 0 Å². The first-order valence-corrected chi connectivity index (χ1v) is 10.4. The Kier molecular flexibility index (Phi) is 5.53. The highest BCUT2D eigenvalue weighted by atomic mass is 32.2. The Labute approximate surface area is 161 Å². The molecule has 0 N–H and O–H groups in total. The second-order valence-electron chi connectivity index (χ2n) is 6.89. The minimum atomic E-state index is -3.75. The smallest absolute Gasteiger partial charge is 0.245 e. The fraction of sp³-hybridized carbons (Fsp3) is 0.350. The zero-order chi connectivity index (χ0) is 19.6. The number of para-hydroxylation sites is 1. The molecule has 2 aromatic carbocycles. The quantitative estimate of drug-likeness (QED) is 0.791. The van der Waals surface area contributed by atoms with E-state index in [2.05, 4.69) is 0 Å². The van der Waals surface area contributed by atoms with Crippen LogP contribution in [0.15, 0.2) is 59.5 Å². The topological polar surface area (TPSA) is 60.9 Å². The molecule has 0 spiro atoms. The number of piperidine rings is 1. The summed E-state index contributed by atoms with van der Waals surface area (Å²) in [4.78, 5) is 16.8. The van der Waals surface area contributed by atoms with E-state index in [4.69, 9.17) is 0 Å². The van der Waals surface area contributed by atoms with Crippen molar-refractivity contribution in [3.8, 4) is 0 Å². The zero-order valence-electron chi connectivity index (χ0n) is 15.9. The number of carbonyl (C=O) groups excluding carboxylic acids is 1. The average Bonchev–Trinajstić information content (AvgIpc) is 2.68. The summed E-state index contributed by atoms with van der Waals surface area (Å²) < 4.78 is 27.3. The predicted octanol–water partition coefficient (Wildman–Crippen LogP) is 2.57. The van der Waals surface area contributed by atoms with Crippen LogP contribution in [-0.4, -0.2) is 52.4 Å². The Morgan fingerprint density at radius 2 is 1.59 bits per heavy atom. The molecule has 1 unspecified atom stereocenters. The molecule has 0 bridgehead atoms. The first-order chi connectivity index (χ1) is 12.8. The van der Waals surface area contributed by atoms with Crippen molar-refractivity contribution >= 4 is 27.3 Å². The van der Waals surface area contributed by atoms with Gasteiger partial charge in [-0.15, -0.1) is 0 Å². The maximum absolute atomic E-state index is 13.0. The van der Waals surface area contributed by atoms with Gasteiger partial charge in [-0.2, -0.15) is 4.31 Å². The van der Waals surface area contributed by atoms with E-state index in [-0.39, 0.29) is 10.8 Å². The van der Waals surface area contributed by atoms with Crippen molar-refractivity contribution in [2.45, 2.75) is 23.8 Å². The second kappa shape index (κ2) is 7.70. The van der Waals surface area contributed by atoms with Gasteiger partial charge in [0.05, 0.1) is 4.90 Å². The third-order valence-corrected chi connectivity index (χ3v) is 6.83. The molecular formula is C20H25N3O3S. The lowest BCUT2D eigenvalue weighted by Gasteiger charge is -2.36. The summed E-state index contributed by atoms with van der Waals surface area (Å²) in [6.07, 6.45) is 1.28. The van der Waals surface area contributed by atoms with Crippen LogP contribution in [0.3, 0.4) is 0 Å². The molecule has 0 radical (unpaired) electrons.